The molecular formula is C14H19NO4S. The minimum atomic E-state index is -0.978. The number of aliphatic carboxylic acids is 1. The lowest BCUT2D eigenvalue weighted by Gasteiger charge is -2.39. The van der Waals surface area contributed by atoms with Crippen molar-refractivity contribution >= 4 is 23.2 Å². The maximum atomic E-state index is 12.5. The molecule has 1 aromatic heterocycles. The number of carboxylic acid groups (broad SMARTS) is 1. The van der Waals surface area contributed by atoms with Crippen molar-refractivity contribution in [2.24, 2.45) is 5.41 Å². The molecule has 5 nitrogen and oxygen atoms in total. The third-order valence-electron chi connectivity index (χ3n) is 3.79. The lowest BCUT2D eigenvalue weighted by Crippen LogP contribution is -2.52. The van der Waals surface area contributed by atoms with Gasteiger partial charge in [-0.05, 0) is 36.8 Å². The minimum absolute atomic E-state index is 0.0704. The van der Waals surface area contributed by atoms with Gasteiger partial charge in [-0.2, -0.15) is 0 Å². The second kappa shape index (κ2) is 5.93. The molecule has 110 valence electrons. The highest BCUT2D eigenvalue weighted by Crippen LogP contribution is 2.32. The molecule has 1 aromatic rings. The zero-order valence-corrected chi connectivity index (χ0v) is 12.5. The van der Waals surface area contributed by atoms with E-state index in [0.717, 1.165) is 5.56 Å². The highest BCUT2D eigenvalue weighted by Gasteiger charge is 2.44. The number of carboxylic acids is 1. The molecule has 1 aliphatic heterocycles. The Labute approximate surface area is 122 Å². The van der Waals surface area contributed by atoms with Gasteiger partial charge in [0.05, 0.1) is 11.5 Å². The van der Waals surface area contributed by atoms with Crippen molar-refractivity contribution in [1.29, 1.82) is 0 Å². The van der Waals surface area contributed by atoms with Crippen LogP contribution in [0.15, 0.2) is 11.4 Å². The SMILES string of the molecule is COCC1(C(=O)O)CCCN(C(=O)c2sccc2C)C1. The first-order chi connectivity index (χ1) is 9.50. The lowest BCUT2D eigenvalue weighted by atomic mass is 9.80. The van der Waals surface area contributed by atoms with Gasteiger partial charge in [0.2, 0.25) is 0 Å². The van der Waals surface area contributed by atoms with Crippen LogP contribution in [0.4, 0.5) is 0 Å². The molecule has 1 amide bonds. The van der Waals surface area contributed by atoms with Crippen LogP contribution in [0, 0.1) is 12.3 Å². The van der Waals surface area contributed by atoms with Gasteiger partial charge in [-0.1, -0.05) is 0 Å². The zero-order valence-electron chi connectivity index (χ0n) is 11.7. The van der Waals surface area contributed by atoms with Crippen LogP contribution in [0.5, 0.6) is 0 Å². The van der Waals surface area contributed by atoms with Crippen LogP contribution in [0.25, 0.3) is 0 Å². The van der Waals surface area contributed by atoms with Gasteiger partial charge in [0.15, 0.2) is 0 Å². The highest BCUT2D eigenvalue weighted by atomic mass is 32.1. The van der Waals surface area contributed by atoms with Gasteiger partial charge in [0.25, 0.3) is 5.91 Å². The number of methoxy groups -OCH3 is 1. The predicted octanol–water partition coefficient (Wildman–Crippen LogP) is 2.01. The van der Waals surface area contributed by atoms with Gasteiger partial charge in [-0.25, -0.2) is 0 Å². The van der Waals surface area contributed by atoms with Crippen molar-refractivity contribution in [1.82, 2.24) is 4.90 Å². The van der Waals surface area contributed by atoms with Crippen LogP contribution >= 0.6 is 11.3 Å². The van der Waals surface area contributed by atoms with E-state index in [9.17, 15) is 14.7 Å². The zero-order chi connectivity index (χ0) is 14.8. The molecule has 0 spiro atoms. The number of amides is 1. The predicted molar refractivity (Wildman–Crippen MR) is 76.1 cm³/mol. The van der Waals surface area contributed by atoms with Gasteiger partial charge >= 0.3 is 5.97 Å². The summed E-state index contributed by atoms with van der Waals surface area (Å²) in [6.07, 6.45) is 1.23. The first-order valence-corrected chi connectivity index (χ1v) is 7.44. The Morgan fingerprint density at radius 3 is 2.85 bits per heavy atom. The topological polar surface area (TPSA) is 66.8 Å². The summed E-state index contributed by atoms with van der Waals surface area (Å²) in [4.78, 5) is 26.4. The van der Waals surface area contributed by atoms with E-state index in [1.165, 1.54) is 18.4 Å². The molecule has 0 aromatic carbocycles. The van der Waals surface area contributed by atoms with E-state index in [1.807, 2.05) is 18.4 Å². The van der Waals surface area contributed by atoms with Crippen LogP contribution in [0.2, 0.25) is 0 Å². The average molecular weight is 297 g/mol. The van der Waals surface area contributed by atoms with Crippen molar-refractivity contribution in [2.75, 3.05) is 26.8 Å². The molecule has 6 heteroatoms. The fourth-order valence-corrected chi connectivity index (χ4v) is 3.56. The third kappa shape index (κ3) is 2.71. The molecule has 1 fully saturated rings. The van der Waals surface area contributed by atoms with Gasteiger partial charge in [-0.3, -0.25) is 9.59 Å². The average Bonchev–Trinajstić information content (AvgIpc) is 2.84. The van der Waals surface area contributed by atoms with Crippen molar-refractivity contribution in [3.63, 3.8) is 0 Å². The summed E-state index contributed by atoms with van der Waals surface area (Å²) in [6.45, 7) is 2.85. The van der Waals surface area contributed by atoms with Gasteiger partial charge in [0.1, 0.15) is 5.41 Å². The summed E-state index contributed by atoms with van der Waals surface area (Å²) in [5, 5.41) is 11.4. The normalized spacial score (nSPS) is 22.8. The number of thiophene rings is 1. The van der Waals surface area contributed by atoms with E-state index in [0.29, 0.717) is 24.3 Å². The van der Waals surface area contributed by atoms with Gasteiger partial charge < -0.3 is 14.7 Å². The summed E-state index contributed by atoms with van der Waals surface area (Å²) in [7, 11) is 1.49. The number of carbonyl (C=O) groups excluding carboxylic acids is 1. The number of hydrogen-bond donors (Lipinski definition) is 1. The highest BCUT2D eigenvalue weighted by molar-refractivity contribution is 7.12. The molecule has 0 saturated carbocycles. The number of hydrogen-bond acceptors (Lipinski definition) is 4. The fourth-order valence-electron chi connectivity index (χ4n) is 2.67. The van der Waals surface area contributed by atoms with Crippen molar-refractivity contribution in [3.05, 3.63) is 21.9 Å². The Morgan fingerprint density at radius 1 is 1.55 bits per heavy atom. The first-order valence-electron chi connectivity index (χ1n) is 6.56. The second-order valence-corrected chi connectivity index (χ2v) is 6.20. The molecule has 1 unspecified atom stereocenters. The smallest absolute Gasteiger partial charge is 0.313 e. The third-order valence-corrected chi connectivity index (χ3v) is 4.80. The van der Waals surface area contributed by atoms with E-state index in [1.54, 1.807) is 4.90 Å². The molecule has 1 saturated heterocycles. The number of ether oxygens (including phenoxy) is 1. The number of aryl methyl sites for hydroxylation is 1. The summed E-state index contributed by atoms with van der Waals surface area (Å²) >= 11 is 1.40. The fraction of sp³-hybridized carbons (Fsp3) is 0.571. The van der Waals surface area contributed by atoms with E-state index in [2.05, 4.69) is 0 Å². The molecule has 1 aliphatic rings. The Hall–Kier alpha value is -1.40. The van der Waals surface area contributed by atoms with Crippen LogP contribution in [-0.2, 0) is 9.53 Å². The Bertz CT molecular complexity index is 509. The monoisotopic (exact) mass is 297 g/mol. The molecule has 1 N–H and O–H groups in total. The van der Waals surface area contributed by atoms with Crippen LogP contribution in [-0.4, -0.2) is 48.7 Å². The van der Waals surface area contributed by atoms with E-state index in [4.69, 9.17) is 4.74 Å². The first kappa shape index (κ1) is 15.0. The quantitative estimate of drug-likeness (QED) is 0.923. The molecule has 20 heavy (non-hydrogen) atoms. The van der Waals surface area contributed by atoms with E-state index >= 15 is 0 Å². The summed E-state index contributed by atoms with van der Waals surface area (Å²) in [6, 6.07) is 1.90. The Morgan fingerprint density at radius 2 is 2.30 bits per heavy atom. The molecule has 0 aliphatic carbocycles. The summed E-state index contributed by atoms with van der Waals surface area (Å²) in [5.41, 5.74) is -0.0355. The van der Waals surface area contributed by atoms with Gasteiger partial charge in [0, 0.05) is 20.2 Å². The Balaban J connectivity index is 2.20. The van der Waals surface area contributed by atoms with Crippen LogP contribution in [0.1, 0.15) is 28.1 Å². The number of nitrogens with zero attached hydrogens (tertiary/aromatic N) is 1. The number of carbonyl (C=O) groups is 2. The lowest BCUT2D eigenvalue weighted by molar-refractivity contribution is -0.155. The minimum Gasteiger partial charge on any atom is -0.481 e. The Kier molecular flexibility index (Phi) is 4.45. The van der Waals surface area contributed by atoms with E-state index < -0.39 is 11.4 Å². The number of piperidine rings is 1. The second-order valence-electron chi connectivity index (χ2n) is 5.28. The molecular weight excluding hydrogens is 278 g/mol. The summed E-state index contributed by atoms with van der Waals surface area (Å²) < 4.78 is 5.07. The molecule has 0 radical (unpaired) electrons. The molecule has 2 rings (SSSR count). The van der Waals surface area contributed by atoms with Crippen LogP contribution < -0.4 is 0 Å². The number of likely N-dealkylation sites (tertiary alicyclic amines) is 1. The van der Waals surface area contributed by atoms with Crippen molar-refractivity contribution < 1.29 is 19.4 Å². The maximum Gasteiger partial charge on any atom is 0.313 e. The molecule has 1 atom stereocenters. The van der Waals surface area contributed by atoms with Crippen LogP contribution in [0.3, 0.4) is 0 Å². The van der Waals surface area contributed by atoms with Crippen molar-refractivity contribution in [3.8, 4) is 0 Å². The standard InChI is InChI=1S/C14H19NO4S/c1-10-4-7-20-11(10)12(16)15-6-3-5-14(8-15,9-19-2)13(17)18/h4,7H,3,5-6,8-9H2,1-2H3,(H,17,18). The maximum absolute atomic E-state index is 12.5. The van der Waals surface area contributed by atoms with Gasteiger partial charge in [-0.15, -0.1) is 11.3 Å². The molecule has 2 heterocycles. The number of rotatable bonds is 4. The largest absolute Gasteiger partial charge is 0.481 e. The molecule has 0 bridgehead atoms. The summed E-state index contributed by atoms with van der Waals surface area (Å²) in [5.74, 6) is -0.960. The van der Waals surface area contributed by atoms with Crippen molar-refractivity contribution in [2.45, 2.75) is 19.8 Å². The van der Waals surface area contributed by atoms with E-state index in [-0.39, 0.29) is 19.1 Å².